The summed E-state index contributed by atoms with van der Waals surface area (Å²) in [5.74, 6) is -1.42. The fourth-order valence-corrected chi connectivity index (χ4v) is 3.61. The molecule has 5 nitrogen and oxygen atoms in total. The van der Waals surface area contributed by atoms with Crippen LogP contribution in [0.3, 0.4) is 0 Å². The van der Waals surface area contributed by atoms with Crippen molar-refractivity contribution in [3.8, 4) is 11.1 Å². The molecule has 1 atom stereocenters. The standard InChI is InChI=1S/C21H22ClFN2O3/c22-20-12-17(23)7-8-19(20)18-6-2-1-4-15(18)13-24-28-11-10-25-9-3-5-16(14-25)21(26)27/h1-2,4,6-8,12-13,16H,3,5,9-11,14H2,(H,26,27)/b24-13+. The minimum absolute atomic E-state index is 0.301. The molecule has 2 aromatic carbocycles. The van der Waals surface area contributed by atoms with Crippen LogP contribution < -0.4 is 0 Å². The number of carboxylic acid groups (broad SMARTS) is 1. The number of likely N-dealkylation sites (tertiary alicyclic amines) is 1. The molecule has 0 spiro atoms. The maximum atomic E-state index is 13.3. The summed E-state index contributed by atoms with van der Waals surface area (Å²) in [6.07, 6.45) is 3.21. The zero-order chi connectivity index (χ0) is 19.9. The van der Waals surface area contributed by atoms with Gasteiger partial charge in [-0.25, -0.2) is 4.39 Å². The molecule has 1 fully saturated rings. The van der Waals surface area contributed by atoms with Crippen molar-refractivity contribution in [2.75, 3.05) is 26.2 Å². The Kier molecular flexibility index (Phi) is 7.01. The van der Waals surface area contributed by atoms with Crippen LogP contribution in [0, 0.1) is 11.7 Å². The zero-order valence-electron chi connectivity index (χ0n) is 15.4. The molecule has 1 N–H and O–H groups in total. The van der Waals surface area contributed by atoms with Crippen LogP contribution in [-0.4, -0.2) is 48.4 Å². The molecule has 1 unspecified atom stereocenters. The number of carboxylic acids is 1. The zero-order valence-corrected chi connectivity index (χ0v) is 16.1. The highest BCUT2D eigenvalue weighted by atomic mass is 35.5. The molecule has 3 rings (SSSR count). The molecule has 2 aromatic rings. The number of rotatable bonds is 7. The van der Waals surface area contributed by atoms with Crippen LogP contribution in [0.15, 0.2) is 47.6 Å². The van der Waals surface area contributed by atoms with Crippen LogP contribution in [0.1, 0.15) is 18.4 Å². The number of piperidine rings is 1. The average Bonchev–Trinajstić information content (AvgIpc) is 2.68. The summed E-state index contributed by atoms with van der Waals surface area (Å²) < 4.78 is 13.3. The number of hydrogen-bond donors (Lipinski definition) is 1. The molecule has 0 bridgehead atoms. The Morgan fingerprint density at radius 1 is 1.32 bits per heavy atom. The molecule has 0 saturated carbocycles. The second-order valence-electron chi connectivity index (χ2n) is 6.76. The number of halogens is 2. The van der Waals surface area contributed by atoms with Crippen molar-refractivity contribution >= 4 is 23.8 Å². The summed E-state index contributed by atoms with van der Waals surface area (Å²) in [5, 5.41) is 13.5. The van der Waals surface area contributed by atoms with Crippen molar-refractivity contribution in [3.63, 3.8) is 0 Å². The highest BCUT2D eigenvalue weighted by Gasteiger charge is 2.24. The first kappa shape index (κ1) is 20.3. The van der Waals surface area contributed by atoms with E-state index in [1.165, 1.54) is 12.1 Å². The largest absolute Gasteiger partial charge is 0.481 e. The summed E-state index contributed by atoms with van der Waals surface area (Å²) >= 11 is 6.18. The van der Waals surface area contributed by atoms with Gasteiger partial charge in [0.25, 0.3) is 0 Å². The van der Waals surface area contributed by atoms with Gasteiger partial charge in [0.2, 0.25) is 0 Å². The van der Waals surface area contributed by atoms with Crippen molar-refractivity contribution < 1.29 is 19.1 Å². The Morgan fingerprint density at radius 2 is 2.14 bits per heavy atom. The first-order chi connectivity index (χ1) is 13.5. The van der Waals surface area contributed by atoms with Gasteiger partial charge in [-0.1, -0.05) is 41.0 Å². The molecule has 1 aliphatic heterocycles. The third-order valence-electron chi connectivity index (χ3n) is 4.80. The van der Waals surface area contributed by atoms with Crippen LogP contribution in [0.5, 0.6) is 0 Å². The minimum Gasteiger partial charge on any atom is -0.481 e. The third-order valence-corrected chi connectivity index (χ3v) is 5.11. The van der Waals surface area contributed by atoms with E-state index in [1.807, 2.05) is 24.3 Å². The van der Waals surface area contributed by atoms with Gasteiger partial charge in [0.05, 0.1) is 17.2 Å². The van der Waals surface area contributed by atoms with E-state index in [-0.39, 0.29) is 11.7 Å². The maximum absolute atomic E-state index is 13.3. The number of hydrogen-bond acceptors (Lipinski definition) is 4. The molecule has 0 radical (unpaired) electrons. The summed E-state index contributed by atoms with van der Waals surface area (Å²) in [4.78, 5) is 18.6. The predicted octanol–water partition coefficient (Wildman–Crippen LogP) is 4.29. The van der Waals surface area contributed by atoms with Crippen LogP contribution in [-0.2, 0) is 9.63 Å². The first-order valence-electron chi connectivity index (χ1n) is 9.19. The molecule has 0 aromatic heterocycles. The number of nitrogens with zero attached hydrogens (tertiary/aromatic N) is 2. The Balaban J connectivity index is 1.57. The van der Waals surface area contributed by atoms with Gasteiger partial charge in [0, 0.05) is 24.2 Å². The Labute approximate surface area is 168 Å². The number of carbonyl (C=O) groups is 1. The maximum Gasteiger partial charge on any atom is 0.307 e. The number of benzene rings is 2. The second-order valence-corrected chi connectivity index (χ2v) is 7.16. The molecule has 1 heterocycles. The Morgan fingerprint density at radius 3 is 2.93 bits per heavy atom. The molecule has 28 heavy (non-hydrogen) atoms. The fourth-order valence-electron chi connectivity index (χ4n) is 3.34. The lowest BCUT2D eigenvalue weighted by Crippen LogP contribution is -2.40. The normalized spacial score (nSPS) is 17.7. The van der Waals surface area contributed by atoms with Gasteiger partial charge >= 0.3 is 5.97 Å². The third kappa shape index (κ3) is 5.30. The highest BCUT2D eigenvalue weighted by molar-refractivity contribution is 6.33. The van der Waals surface area contributed by atoms with Crippen molar-refractivity contribution in [2.24, 2.45) is 11.1 Å². The highest BCUT2D eigenvalue weighted by Crippen LogP contribution is 2.30. The van der Waals surface area contributed by atoms with Gasteiger partial charge in [-0.2, -0.15) is 0 Å². The van der Waals surface area contributed by atoms with E-state index in [1.54, 1.807) is 12.3 Å². The van der Waals surface area contributed by atoms with Gasteiger partial charge in [-0.3, -0.25) is 9.69 Å². The van der Waals surface area contributed by atoms with Crippen LogP contribution >= 0.6 is 11.6 Å². The number of aliphatic carboxylic acids is 1. The van der Waals surface area contributed by atoms with E-state index >= 15 is 0 Å². The fraction of sp³-hybridized carbons (Fsp3) is 0.333. The second kappa shape index (κ2) is 9.66. The van der Waals surface area contributed by atoms with Crippen LogP contribution in [0.4, 0.5) is 4.39 Å². The molecular weight excluding hydrogens is 383 g/mol. The lowest BCUT2D eigenvalue weighted by molar-refractivity contribution is -0.143. The van der Waals surface area contributed by atoms with E-state index in [9.17, 15) is 9.18 Å². The summed E-state index contributed by atoms with van der Waals surface area (Å²) in [6, 6.07) is 11.8. The monoisotopic (exact) mass is 404 g/mol. The summed E-state index contributed by atoms with van der Waals surface area (Å²) in [5.41, 5.74) is 2.36. The van der Waals surface area contributed by atoms with E-state index < -0.39 is 5.97 Å². The summed E-state index contributed by atoms with van der Waals surface area (Å²) in [7, 11) is 0. The van der Waals surface area contributed by atoms with Crippen molar-refractivity contribution in [1.29, 1.82) is 0 Å². The van der Waals surface area contributed by atoms with Gasteiger partial charge in [-0.05, 0) is 43.1 Å². The van der Waals surface area contributed by atoms with Gasteiger partial charge < -0.3 is 9.94 Å². The molecule has 7 heteroatoms. The first-order valence-corrected chi connectivity index (χ1v) is 9.57. The van der Waals surface area contributed by atoms with Crippen LogP contribution in [0.2, 0.25) is 5.02 Å². The number of oxime groups is 1. The predicted molar refractivity (Wildman–Crippen MR) is 107 cm³/mol. The molecule has 1 saturated heterocycles. The summed E-state index contributed by atoms with van der Waals surface area (Å²) in [6.45, 7) is 2.44. The lowest BCUT2D eigenvalue weighted by Gasteiger charge is -2.29. The van der Waals surface area contributed by atoms with E-state index in [4.69, 9.17) is 21.5 Å². The Hall–Kier alpha value is -2.44. The van der Waals surface area contributed by atoms with E-state index in [0.717, 1.165) is 36.1 Å². The van der Waals surface area contributed by atoms with E-state index in [0.29, 0.717) is 24.7 Å². The van der Waals surface area contributed by atoms with Crippen LogP contribution in [0.25, 0.3) is 11.1 Å². The van der Waals surface area contributed by atoms with Crippen molar-refractivity contribution in [2.45, 2.75) is 12.8 Å². The average molecular weight is 405 g/mol. The lowest BCUT2D eigenvalue weighted by atomic mass is 9.98. The molecule has 148 valence electrons. The minimum atomic E-state index is -0.736. The van der Waals surface area contributed by atoms with Gasteiger partial charge in [0.15, 0.2) is 0 Å². The SMILES string of the molecule is O=C(O)C1CCCN(CCO/N=C/c2ccccc2-c2ccc(F)cc2Cl)C1. The Bertz CT molecular complexity index is 859. The van der Waals surface area contributed by atoms with Crippen molar-refractivity contribution in [1.82, 2.24) is 4.90 Å². The molecule has 0 aliphatic carbocycles. The van der Waals surface area contributed by atoms with Gasteiger partial charge in [-0.15, -0.1) is 0 Å². The smallest absolute Gasteiger partial charge is 0.307 e. The molecule has 0 amide bonds. The van der Waals surface area contributed by atoms with E-state index in [2.05, 4.69) is 10.1 Å². The molecule has 1 aliphatic rings. The topological polar surface area (TPSA) is 62.1 Å². The van der Waals surface area contributed by atoms with Gasteiger partial charge in [0.1, 0.15) is 12.4 Å². The van der Waals surface area contributed by atoms with Crippen molar-refractivity contribution in [3.05, 3.63) is 58.9 Å². The molecular formula is C21H22ClFN2O3. The quantitative estimate of drug-likeness (QED) is 0.424.